The van der Waals surface area contributed by atoms with E-state index in [2.05, 4.69) is 71.7 Å². The number of anilines is 1. The Morgan fingerprint density at radius 3 is 2.79 bits per heavy atom. The molecule has 1 unspecified atom stereocenters. The summed E-state index contributed by atoms with van der Waals surface area (Å²) in [6, 6.07) is 21.1. The Morgan fingerprint density at radius 2 is 2.00 bits per heavy atom. The third-order valence-electron chi connectivity index (χ3n) is 5.43. The molecule has 0 fully saturated rings. The second-order valence-corrected chi connectivity index (χ2v) is 8.38. The van der Waals surface area contributed by atoms with E-state index in [4.69, 9.17) is 0 Å². The lowest BCUT2D eigenvalue weighted by atomic mass is 10.1. The maximum atomic E-state index is 12.8. The van der Waals surface area contributed by atoms with Crippen molar-refractivity contribution in [3.63, 3.8) is 0 Å². The van der Waals surface area contributed by atoms with Crippen LogP contribution in [0.3, 0.4) is 0 Å². The molecule has 4 nitrogen and oxygen atoms in total. The highest BCUT2D eigenvalue weighted by Crippen LogP contribution is 2.36. The van der Waals surface area contributed by atoms with E-state index < -0.39 is 0 Å². The number of nitriles is 1. The lowest BCUT2D eigenvalue weighted by Gasteiger charge is -2.29. The van der Waals surface area contributed by atoms with Gasteiger partial charge in [-0.15, -0.1) is 11.3 Å². The van der Waals surface area contributed by atoms with Crippen LogP contribution in [-0.2, 0) is 17.8 Å². The van der Waals surface area contributed by atoms with Gasteiger partial charge in [-0.05, 0) is 47.9 Å². The van der Waals surface area contributed by atoms with E-state index in [9.17, 15) is 10.1 Å². The van der Waals surface area contributed by atoms with Gasteiger partial charge in [0.25, 0.3) is 0 Å². The van der Waals surface area contributed by atoms with Gasteiger partial charge in [0.15, 0.2) is 0 Å². The van der Waals surface area contributed by atoms with Crippen LogP contribution in [0.4, 0.5) is 5.00 Å². The zero-order valence-electron chi connectivity index (χ0n) is 16.4. The number of fused-ring (bicyclic) bond motifs is 1. The van der Waals surface area contributed by atoms with Gasteiger partial charge in [-0.25, -0.2) is 0 Å². The van der Waals surface area contributed by atoms with Crippen molar-refractivity contribution in [1.82, 2.24) is 4.90 Å². The van der Waals surface area contributed by atoms with Crippen molar-refractivity contribution in [2.24, 2.45) is 0 Å². The van der Waals surface area contributed by atoms with E-state index in [0.717, 1.165) is 12.8 Å². The van der Waals surface area contributed by atoms with Crippen LogP contribution >= 0.6 is 11.3 Å². The molecule has 1 amide bonds. The molecule has 1 N–H and O–H groups in total. The average Bonchev–Trinajstić information content (AvgIpc) is 3.35. The third kappa shape index (κ3) is 4.40. The van der Waals surface area contributed by atoms with Gasteiger partial charge in [0.2, 0.25) is 5.91 Å². The largest absolute Gasteiger partial charge is 0.315 e. The quantitative estimate of drug-likeness (QED) is 0.628. The number of rotatable bonds is 6. The molecule has 146 valence electrons. The van der Waals surface area contributed by atoms with Gasteiger partial charge in [0.05, 0.1) is 12.1 Å². The first-order chi connectivity index (χ1) is 14.1. The molecule has 4 rings (SSSR count). The second kappa shape index (κ2) is 8.60. The molecule has 0 aliphatic heterocycles. The Morgan fingerprint density at radius 1 is 1.21 bits per heavy atom. The fraction of sp³-hybridized carbons (Fsp3) is 0.250. The summed E-state index contributed by atoms with van der Waals surface area (Å²) >= 11 is 1.38. The van der Waals surface area contributed by atoms with E-state index in [0.29, 0.717) is 17.1 Å². The van der Waals surface area contributed by atoms with Gasteiger partial charge in [-0.1, -0.05) is 54.1 Å². The van der Waals surface area contributed by atoms with Crippen molar-refractivity contribution < 1.29 is 4.79 Å². The number of amides is 1. The highest BCUT2D eigenvalue weighted by atomic mass is 32.1. The standard InChI is InChI=1S/C24H23N3OS/c1-17-6-8-18(9-7-17)15-27(22-11-10-19-4-2-3-5-21(19)22)16-23(28)26-24-20(14-25)12-13-29-24/h2-9,12-13,22H,10-11,15-16H2,1H3,(H,26,28). The molecule has 0 bridgehead atoms. The van der Waals surface area contributed by atoms with Gasteiger partial charge in [-0.3, -0.25) is 9.69 Å². The number of nitrogens with one attached hydrogen (secondary N) is 1. The highest BCUT2D eigenvalue weighted by Gasteiger charge is 2.29. The molecule has 1 aliphatic rings. The van der Waals surface area contributed by atoms with Crippen molar-refractivity contribution in [3.8, 4) is 6.07 Å². The third-order valence-corrected chi connectivity index (χ3v) is 6.26. The average molecular weight is 402 g/mol. The van der Waals surface area contributed by atoms with Crippen LogP contribution in [0.1, 0.15) is 40.3 Å². The fourth-order valence-electron chi connectivity index (χ4n) is 3.96. The first-order valence-corrected chi connectivity index (χ1v) is 10.7. The van der Waals surface area contributed by atoms with Crippen molar-refractivity contribution >= 4 is 22.2 Å². The molecule has 1 atom stereocenters. The first-order valence-electron chi connectivity index (χ1n) is 9.79. The minimum atomic E-state index is -0.0829. The molecule has 1 heterocycles. The number of carbonyl (C=O) groups is 1. The number of aryl methyl sites for hydroxylation is 2. The summed E-state index contributed by atoms with van der Waals surface area (Å²) in [4.78, 5) is 15.1. The summed E-state index contributed by atoms with van der Waals surface area (Å²) < 4.78 is 0. The molecular formula is C24H23N3OS. The number of thiophene rings is 1. The predicted molar refractivity (Wildman–Crippen MR) is 117 cm³/mol. The molecule has 1 aliphatic carbocycles. The SMILES string of the molecule is Cc1ccc(CN(CC(=O)Nc2sccc2C#N)C2CCc3ccccc32)cc1. The van der Waals surface area contributed by atoms with Gasteiger partial charge in [0, 0.05) is 12.6 Å². The molecule has 0 saturated carbocycles. The minimum Gasteiger partial charge on any atom is -0.315 e. The molecule has 5 heteroatoms. The lowest BCUT2D eigenvalue weighted by Crippen LogP contribution is -2.35. The normalized spacial score (nSPS) is 15.1. The smallest absolute Gasteiger partial charge is 0.239 e. The van der Waals surface area contributed by atoms with E-state index in [1.165, 1.54) is 33.6 Å². The molecule has 29 heavy (non-hydrogen) atoms. The zero-order valence-corrected chi connectivity index (χ0v) is 17.2. The number of nitrogens with zero attached hydrogens (tertiary/aromatic N) is 2. The lowest BCUT2D eigenvalue weighted by molar-refractivity contribution is -0.118. The van der Waals surface area contributed by atoms with Crippen LogP contribution in [0.15, 0.2) is 60.0 Å². The van der Waals surface area contributed by atoms with E-state index in [1.807, 2.05) is 5.38 Å². The van der Waals surface area contributed by atoms with Gasteiger partial charge >= 0.3 is 0 Å². The molecule has 1 aromatic heterocycles. The molecular weight excluding hydrogens is 378 g/mol. The Kier molecular flexibility index (Phi) is 5.75. The monoisotopic (exact) mass is 401 g/mol. The molecule has 3 aromatic rings. The summed E-state index contributed by atoms with van der Waals surface area (Å²) in [5, 5.41) is 14.6. The Bertz CT molecular complexity index is 1050. The van der Waals surface area contributed by atoms with Gasteiger partial charge in [-0.2, -0.15) is 5.26 Å². The zero-order chi connectivity index (χ0) is 20.2. The Balaban J connectivity index is 1.56. The number of hydrogen-bond donors (Lipinski definition) is 1. The summed E-state index contributed by atoms with van der Waals surface area (Å²) in [5.74, 6) is -0.0829. The molecule has 0 spiro atoms. The summed E-state index contributed by atoms with van der Waals surface area (Å²) in [6.45, 7) is 3.08. The van der Waals surface area contributed by atoms with Crippen LogP contribution in [0, 0.1) is 18.3 Å². The van der Waals surface area contributed by atoms with E-state index in [1.54, 1.807) is 6.07 Å². The molecule has 2 aromatic carbocycles. The minimum absolute atomic E-state index is 0.0829. The van der Waals surface area contributed by atoms with Crippen molar-refractivity contribution in [2.75, 3.05) is 11.9 Å². The van der Waals surface area contributed by atoms with Crippen molar-refractivity contribution in [3.05, 3.63) is 87.8 Å². The summed E-state index contributed by atoms with van der Waals surface area (Å²) in [7, 11) is 0. The summed E-state index contributed by atoms with van der Waals surface area (Å²) in [6.07, 6.45) is 2.05. The molecule has 0 radical (unpaired) electrons. The number of carbonyl (C=O) groups excluding carboxylic acids is 1. The topological polar surface area (TPSA) is 56.1 Å². The Labute approximate surface area is 175 Å². The summed E-state index contributed by atoms with van der Waals surface area (Å²) in [5.41, 5.74) is 5.63. The van der Waals surface area contributed by atoms with Crippen molar-refractivity contribution in [2.45, 2.75) is 32.4 Å². The van der Waals surface area contributed by atoms with Crippen LogP contribution < -0.4 is 5.32 Å². The van der Waals surface area contributed by atoms with Crippen LogP contribution in [0.2, 0.25) is 0 Å². The van der Waals surface area contributed by atoms with Crippen LogP contribution in [0.25, 0.3) is 0 Å². The second-order valence-electron chi connectivity index (χ2n) is 7.47. The molecule has 0 saturated heterocycles. The van der Waals surface area contributed by atoms with E-state index >= 15 is 0 Å². The fourth-order valence-corrected chi connectivity index (χ4v) is 4.72. The van der Waals surface area contributed by atoms with Gasteiger partial charge < -0.3 is 5.32 Å². The van der Waals surface area contributed by atoms with Gasteiger partial charge in [0.1, 0.15) is 11.1 Å². The maximum Gasteiger partial charge on any atom is 0.239 e. The van der Waals surface area contributed by atoms with Crippen molar-refractivity contribution in [1.29, 1.82) is 5.26 Å². The van der Waals surface area contributed by atoms with Crippen LogP contribution in [0.5, 0.6) is 0 Å². The number of benzene rings is 2. The Hall–Kier alpha value is -2.94. The maximum absolute atomic E-state index is 12.8. The highest BCUT2D eigenvalue weighted by molar-refractivity contribution is 7.14. The van der Waals surface area contributed by atoms with E-state index in [-0.39, 0.29) is 18.5 Å². The predicted octanol–water partition coefficient (Wildman–Crippen LogP) is 5.06. The first kappa shape index (κ1) is 19.4. The number of hydrogen-bond acceptors (Lipinski definition) is 4. The van der Waals surface area contributed by atoms with Crippen LogP contribution in [-0.4, -0.2) is 17.4 Å².